The van der Waals surface area contributed by atoms with Crippen molar-refractivity contribution < 1.29 is 18.0 Å². The van der Waals surface area contributed by atoms with E-state index in [-0.39, 0.29) is 23.0 Å². The molecule has 0 saturated carbocycles. The zero-order valence-electron chi connectivity index (χ0n) is 13.5. The molecule has 0 bridgehead atoms. The number of urea groups is 1. The number of hydrogen-bond donors (Lipinski definition) is 3. The number of aromatic nitrogens is 2. The number of alkyl halides is 3. The van der Waals surface area contributed by atoms with Crippen molar-refractivity contribution in [1.29, 1.82) is 5.26 Å². The normalized spacial score (nSPS) is 10.8. The van der Waals surface area contributed by atoms with Crippen LogP contribution in [0.1, 0.15) is 11.1 Å². The molecule has 0 fully saturated rings. The number of anilines is 3. The molecule has 0 radical (unpaired) electrons. The second kappa shape index (κ2) is 8.48. The molecule has 8 nitrogen and oxygen atoms in total. The van der Waals surface area contributed by atoms with Gasteiger partial charge in [0.25, 0.3) is 0 Å². The number of thioether (sulfide) groups is 1. The Kier molecular flexibility index (Phi) is 6.54. The summed E-state index contributed by atoms with van der Waals surface area (Å²) in [6.07, 6.45) is -2.84. The van der Waals surface area contributed by atoms with Crippen LogP contribution in [-0.4, -0.2) is 22.3 Å². The lowest BCUT2D eigenvalue weighted by molar-refractivity contribution is -0.137. The van der Waals surface area contributed by atoms with E-state index < -0.39 is 17.8 Å². The van der Waals surface area contributed by atoms with Crippen LogP contribution < -0.4 is 19.7 Å². The first kappa shape index (κ1) is 20.8. The molecule has 27 heavy (non-hydrogen) atoms. The first-order chi connectivity index (χ1) is 12.7. The molecule has 0 atom stereocenters. The lowest BCUT2D eigenvalue weighted by Gasteiger charge is -2.19. The maximum atomic E-state index is 12.7. The number of carbonyl (C=O) groups is 1. The number of halogens is 4. The van der Waals surface area contributed by atoms with Crippen LogP contribution in [0.5, 0.6) is 0 Å². The van der Waals surface area contributed by atoms with Gasteiger partial charge in [-0.1, -0.05) is 6.07 Å². The molecule has 0 spiro atoms. The highest BCUT2D eigenvalue weighted by Crippen LogP contribution is 2.31. The van der Waals surface area contributed by atoms with Gasteiger partial charge in [0.05, 0.1) is 28.4 Å². The van der Waals surface area contributed by atoms with Crippen molar-refractivity contribution >= 4 is 58.1 Å². The Hall–Kier alpha value is -2.47. The molecular weight excluding hydrogens is 498 g/mol. The number of nitriles is 1. The molecule has 2 aromatic rings. The molecule has 0 saturated heterocycles. The summed E-state index contributed by atoms with van der Waals surface area (Å²) in [7, 11) is 0. The molecule has 2 rings (SSSR count). The van der Waals surface area contributed by atoms with Gasteiger partial charge in [-0.05, 0) is 24.5 Å². The van der Waals surface area contributed by atoms with Crippen molar-refractivity contribution in [3.8, 4) is 6.07 Å². The Morgan fingerprint density at radius 2 is 2.11 bits per heavy atom. The van der Waals surface area contributed by atoms with Crippen LogP contribution in [0.3, 0.4) is 0 Å². The Morgan fingerprint density at radius 3 is 2.70 bits per heavy atom. The van der Waals surface area contributed by atoms with Crippen molar-refractivity contribution in [2.75, 3.05) is 20.5 Å². The van der Waals surface area contributed by atoms with Gasteiger partial charge in [0.2, 0.25) is 5.95 Å². The number of nitrogens with two attached hydrogens (primary N) is 1. The molecule has 1 aromatic heterocycles. The minimum atomic E-state index is -4.53. The van der Waals surface area contributed by atoms with Crippen molar-refractivity contribution in [2.24, 2.45) is 0 Å². The molecule has 0 aliphatic carbocycles. The number of nitrogens with zero attached hydrogens (tertiary/aromatic N) is 4. The zero-order valence-corrected chi connectivity index (χ0v) is 16.5. The molecule has 0 unspecified atom stereocenters. The molecule has 0 aliphatic rings. The zero-order chi connectivity index (χ0) is 20.2. The topological polar surface area (TPSA) is 120 Å². The molecule has 1 aromatic carbocycles. The number of nitrogens with one attached hydrogen (secondary N) is 2. The van der Waals surface area contributed by atoms with Crippen molar-refractivity contribution in [3.63, 3.8) is 0 Å². The molecule has 0 aliphatic heterocycles. The van der Waals surface area contributed by atoms with Crippen LogP contribution >= 0.6 is 34.6 Å². The van der Waals surface area contributed by atoms with E-state index in [1.807, 2.05) is 6.07 Å². The lowest BCUT2D eigenvalue weighted by Crippen LogP contribution is -2.39. The third kappa shape index (κ3) is 5.26. The van der Waals surface area contributed by atoms with Gasteiger partial charge in [0.15, 0.2) is 5.82 Å². The quantitative estimate of drug-likeness (QED) is 0.190. The average molecular weight is 509 g/mol. The fourth-order valence-electron chi connectivity index (χ4n) is 1.91. The van der Waals surface area contributed by atoms with Crippen LogP contribution in [0, 0.1) is 11.3 Å². The standard InChI is InChI=1S/C14H11F3IN7OS/c1-27-11-9(6-19)10(22-12(20)23-11)25(18)24-13(26)21-8-4-2-3-7(5-8)14(15,16)17/h2-5H,1H3,(H2,20,22,23)(H2,21,24,26). The van der Waals surface area contributed by atoms with Crippen molar-refractivity contribution in [2.45, 2.75) is 11.2 Å². The number of hydrogen-bond acceptors (Lipinski definition) is 7. The van der Waals surface area contributed by atoms with Crippen LogP contribution in [0.2, 0.25) is 0 Å². The number of hydrazine groups is 1. The van der Waals surface area contributed by atoms with Gasteiger partial charge in [-0.2, -0.15) is 23.4 Å². The summed E-state index contributed by atoms with van der Waals surface area (Å²) >= 11 is 2.83. The van der Waals surface area contributed by atoms with E-state index in [0.29, 0.717) is 5.03 Å². The summed E-state index contributed by atoms with van der Waals surface area (Å²) in [5, 5.41) is 11.9. The van der Waals surface area contributed by atoms with Crippen LogP contribution in [0.4, 0.5) is 35.4 Å². The third-order valence-electron chi connectivity index (χ3n) is 3.01. The van der Waals surface area contributed by atoms with Crippen LogP contribution in [0.25, 0.3) is 0 Å². The molecule has 4 N–H and O–H groups in total. The summed E-state index contributed by atoms with van der Waals surface area (Å²) in [6.45, 7) is 0. The smallest absolute Gasteiger partial charge is 0.368 e. The van der Waals surface area contributed by atoms with E-state index in [1.54, 1.807) is 29.1 Å². The Labute approximate surface area is 169 Å². The average Bonchev–Trinajstić information content (AvgIpc) is 2.60. The predicted octanol–water partition coefficient (Wildman–Crippen LogP) is 3.56. The molecular formula is C14H11F3IN7OS. The van der Waals surface area contributed by atoms with E-state index in [1.165, 1.54) is 23.9 Å². The van der Waals surface area contributed by atoms with Gasteiger partial charge in [0, 0.05) is 5.69 Å². The third-order valence-corrected chi connectivity index (χ3v) is 4.39. The number of rotatable bonds is 4. The summed E-state index contributed by atoms with van der Waals surface area (Å²) in [5.74, 6) is -0.0655. The maximum Gasteiger partial charge on any atom is 0.416 e. The Morgan fingerprint density at radius 1 is 1.41 bits per heavy atom. The highest BCUT2D eigenvalue weighted by atomic mass is 127. The first-order valence-electron chi connectivity index (χ1n) is 6.98. The van der Waals surface area contributed by atoms with Crippen LogP contribution in [0.15, 0.2) is 29.3 Å². The van der Waals surface area contributed by atoms with Gasteiger partial charge in [0.1, 0.15) is 16.7 Å². The molecule has 13 heteroatoms. The summed E-state index contributed by atoms with van der Waals surface area (Å²) in [5.41, 5.74) is 7.07. The van der Waals surface area contributed by atoms with Gasteiger partial charge >= 0.3 is 12.2 Å². The highest BCUT2D eigenvalue weighted by molar-refractivity contribution is 14.1. The van der Waals surface area contributed by atoms with E-state index in [4.69, 9.17) is 5.73 Å². The van der Waals surface area contributed by atoms with E-state index >= 15 is 0 Å². The van der Waals surface area contributed by atoms with E-state index in [2.05, 4.69) is 20.7 Å². The SMILES string of the molecule is CSc1nc(N)nc(N(I)NC(=O)Nc2cccc(C(F)(F)F)c2)c1C#N. The van der Waals surface area contributed by atoms with E-state index in [9.17, 15) is 23.2 Å². The minimum absolute atomic E-state index is 0.0362. The van der Waals surface area contributed by atoms with Gasteiger partial charge < -0.3 is 11.1 Å². The van der Waals surface area contributed by atoms with Crippen molar-refractivity contribution in [3.05, 3.63) is 35.4 Å². The second-order valence-corrected chi connectivity index (χ2v) is 6.59. The van der Waals surface area contributed by atoms with E-state index in [0.717, 1.165) is 15.4 Å². The van der Waals surface area contributed by atoms with Crippen molar-refractivity contribution in [1.82, 2.24) is 15.4 Å². The summed E-state index contributed by atoms with van der Waals surface area (Å²) in [4.78, 5) is 19.9. The lowest BCUT2D eigenvalue weighted by atomic mass is 10.2. The summed E-state index contributed by atoms with van der Waals surface area (Å²) < 4.78 is 39.3. The van der Waals surface area contributed by atoms with Gasteiger partial charge in [-0.3, -0.25) is 0 Å². The number of nitrogen functional groups attached to an aromatic ring is 1. The first-order valence-corrected chi connectivity index (χ1v) is 9.17. The molecule has 2 amide bonds. The fourth-order valence-corrected chi connectivity index (χ4v) is 3.00. The Bertz CT molecular complexity index is 903. The summed E-state index contributed by atoms with van der Waals surface area (Å²) in [6, 6.07) is 5.25. The second-order valence-electron chi connectivity index (χ2n) is 4.83. The number of amides is 2. The monoisotopic (exact) mass is 509 g/mol. The highest BCUT2D eigenvalue weighted by Gasteiger charge is 2.30. The largest absolute Gasteiger partial charge is 0.416 e. The fraction of sp³-hybridized carbons (Fsp3) is 0.143. The predicted molar refractivity (Wildman–Crippen MR) is 103 cm³/mol. The molecule has 142 valence electrons. The number of benzene rings is 1. The minimum Gasteiger partial charge on any atom is -0.368 e. The Balaban J connectivity index is 2.18. The van der Waals surface area contributed by atoms with Gasteiger partial charge in [-0.15, -0.1) is 11.8 Å². The number of carbonyl (C=O) groups excluding carboxylic acids is 1. The van der Waals surface area contributed by atoms with Crippen LogP contribution in [-0.2, 0) is 6.18 Å². The maximum absolute atomic E-state index is 12.7. The van der Waals surface area contributed by atoms with Gasteiger partial charge in [-0.25, -0.2) is 18.4 Å². The molecule has 1 heterocycles.